The Morgan fingerprint density at radius 3 is 2.06 bits per heavy atom. The molecule has 3 aromatic rings. The Bertz CT molecular complexity index is 1240. The van der Waals surface area contributed by atoms with Gasteiger partial charge in [-0.2, -0.15) is 0 Å². The summed E-state index contributed by atoms with van der Waals surface area (Å²) in [6.07, 6.45) is 0. The Labute approximate surface area is 207 Å². The van der Waals surface area contributed by atoms with Crippen molar-refractivity contribution < 1.29 is 33.3 Å². The minimum absolute atomic E-state index is 0.0905. The van der Waals surface area contributed by atoms with Crippen LogP contribution in [0, 0.1) is 6.92 Å². The maximum atomic E-state index is 13.0. The van der Waals surface area contributed by atoms with E-state index in [4.69, 9.17) is 30.5 Å². The number of methoxy groups -OCH3 is 3. The van der Waals surface area contributed by atoms with Gasteiger partial charge < -0.3 is 24.3 Å². The van der Waals surface area contributed by atoms with E-state index in [-0.39, 0.29) is 23.4 Å². The van der Waals surface area contributed by atoms with Gasteiger partial charge in [0.1, 0.15) is 18.1 Å². The molecule has 0 aromatic heterocycles. The van der Waals surface area contributed by atoms with Crippen LogP contribution in [0.4, 0.5) is 5.69 Å². The molecule has 182 valence electrons. The van der Waals surface area contributed by atoms with Gasteiger partial charge >= 0.3 is 11.9 Å². The molecule has 0 saturated heterocycles. The lowest BCUT2D eigenvalue weighted by Gasteiger charge is -2.13. The van der Waals surface area contributed by atoms with E-state index in [1.54, 1.807) is 30.3 Å². The van der Waals surface area contributed by atoms with E-state index in [0.29, 0.717) is 27.6 Å². The molecule has 0 radical (unpaired) electrons. The summed E-state index contributed by atoms with van der Waals surface area (Å²) < 4.78 is 20.7. The van der Waals surface area contributed by atoms with Crippen molar-refractivity contribution in [3.63, 3.8) is 0 Å². The molecule has 0 aliphatic carbocycles. The van der Waals surface area contributed by atoms with E-state index in [1.165, 1.54) is 39.5 Å². The average Bonchev–Trinajstić information content (AvgIpc) is 2.87. The van der Waals surface area contributed by atoms with Crippen LogP contribution in [0.2, 0.25) is 5.02 Å². The maximum absolute atomic E-state index is 13.0. The molecular weight excluding hydrogens is 474 g/mol. The fraction of sp³-hybridized carbons (Fsp3) is 0.192. The highest BCUT2D eigenvalue weighted by Gasteiger charge is 2.17. The zero-order valence-electron chi connectivity index (χ0n) is 19.6. The molecule has 9 heteroatoms. The molecule has 0 atom stereocenters. The van der Waals surface area contributed by atoms with Crippen LogP contribution in [-0.2, 0) is 16.1 Å². The molecule has 3 aromatic carbocycles. The highest BCUT2D eigenvalue weighted by Crippen LogP contribution is 2.26. The molecule has 0 unspecified atom stereocenters. The lowest BCUT2D eigenvalue weighted by atomic mass is 10.1. The van der Waals surface area contributed by atoms with Crippen molar-refractivity contribution in [3.8, 4) is 11.5 Å². The molecule has 0 spiro atoms. The smallest absolute Gasteiger partial charge is 0.337 e. The third-order valence-electron chi connectivity index (χ3n) is 5.10. The largest absolute Gasteiger partial charge is 0.496 e. The van der Waals surface area contributed by atoms with E-state index in [2.05, 4.69) is 5.32 Å². The van der Waals surface area contributed by atoms with Crippen LogP contribution in [0.1, 0.15) is 42.2 Å². The van der Waals surface area contributed by atoms with Crippen molar-refractivity contribution >= 4 is 35.1 Å². The van der Waals surface area contributed by atoms with E-state index >= 15 is 0 Å². The topological polar surface area (TPSA) is 100 Å². The number of hydrogen-bond acceptors (Lipinski definition) is 7. The van der Waals surface area contributed by atoms with Gasteiger partial charge in [0.25, 0.3) is 5.91 Å². The molecule has 3 rings (SSSR count). The zero-order chi connectivity index (χ0) is 25.5. The van der Waals surface area contributed by atoms with Crippen molar-refractivity contribution in [2.45, 2.75) is 13.5 Å². The summed E-state index contributed by atoms with van der Waals surface area (Å²) in [5, 5.41) is 3.34. The van der Waals surface area contributed by atoms with Gasteiger partial charge in [-0.15, -0.1) is 0 Å². The summed E-state index contributed by atoms with van der Waals surface area (Å²) in [7, 11) is 3.97. The number of ether oxygens (including phenoxy) is 4. The second-order valence-electron chi connectivity index (χ2n) is 7.46. The van der Waals surface area contributed by atoms with E-state index in [1.807, 2.05) is 13.0 Å². The predicted octanol–water partition coefficient (Wildman–Crippen LogP) is 5.06. The summed E-state index contributed by atoms with van der Waals surface area (Å²) in [6.45, 7) is 2.03. The summed E-state index contributed by atoms with van der Waals surface area (Å²) in [5.74, 6) is -0.610. The van der Waals surface area contributed by atoms with Gasteiger partial charge in [-0.3, -0.25) is 4.79 Å². The number of carbonyl (C=O) groups is 3. The molecule has 8 nitrogen and oxygen atoms in total. The van der Waals surface area contributed by atoms with Crippen LogP contribution in [0.25, 0.3) is 0 Å². The van der Waals surface area contributed by atoms with Crippen LogP contribution in [0.5, 0.6) is 11.5 Å². The Balaban J connectivity index is 1.84. The molecule has 0 aliphatic rings. The molecule has 1 amide bonds. The van der Waals surface area contributed by atoms with E-state index in [0.717, 1.165) is 5.56 Å². The molecular formula is C26H24ClNO7. The lowest BCUT2D eigenvalue weighted by molar-refractivity contribution is 0.0599. The monoisotopic (exact) mass is 497 g/mol. The maximum Gasteiger partial charge on any atom is 0.337 e. The Hall–Kier alpha value is -4.04. The number of anilines is 1. The summed E-state index contributed by atoms with van der Waals surface area (Å²) >= 11 is 6.07. The molecule has 0 heterocycles. The minimum Gasteiger partial charge on any atom is -0.496 e. The third kappa shape index (κ3) is 6.30. The predicted molar refractivity (Wildman–Crippen MR) is 131 cm³/mol. The van der Waals surface area contributed by atoms with E-state index in [9.17, 15) is 14.4 Å². The van der Waals surface area contributed by atoms with Gasteiger partial charge in [0.05, 0.1) is 32.5 Å². The first-order valence-corrected chi connectivity index (χ1v) is 10.8. The average molecular weight is 498 g/mol. The highest BCUT2D eigenvalue weighted by molar-refractivity contribution is 6.31. The van der Waals surface area contributed by atoms with Crippen LogP contribution in [-0.4, -0.2) is 39.2 Å². The van der Waals surface area contributed by atoms with Crippen molar-refractivity contribution in [3.05, 3.63) is 87.4 Å². The summed E-state index contributed by atoms with van der Waals surface area (Å²) in [4.78, 5) is 37.0. The van der Waals surface area contributed by atoms with Crippen molar-refractivity contribution in [1.29, 1.82) is 0 Å². The summed E-state index contributed by atoms with van der Waals surface area (Å²) in [5.41, 5.74) is 2.25. The normalized spacial score (nSPS) is 10.3. The van der Waals surface area contributed by atoms with Crippen LogP contribution < -0.4 is 14.8 Å². The van der Waals surface area contributed by atoms with Gasteiger partial charge in [0.2, 0.25) is 0 Å². The van der Waals surface area contributed by atoms with Gasteiger partial charge in [-0.1, -0.05) is 11.6 Å². The number of halogens is 1. The van der Waals surface area contributed by atoms with Crippen molar-refractivity contribution in [1.82, 2.24) is 0 Å². The van der Waals surface area contributed by atoms with Crippen molar-refractivity contribution in [2.75, 3.05) is 26.6 Å². The molecule has 1 N–H and O–H groups in total. The summed E-state index contributed by atoms with van der Waals surface area (Å²) in [6, 6.07) is 14.4. The molecule has 0 aliphatic heterocycles. The number of amides is 1. The first-order chi connectivity index (χ1) is 16.7. The first kappa shape index (κ1) is 25.6. The molecule has 0 fully saturated rings. The van der Waals surface area contributed by atoms with Crippen LogP contribution in [0.15, 0.2) is 54.6 Å². The van der Waals surface area contributed by atoms with Crippen molar-refractivity contribution in [2.24, 2.45) is 0 Å². The fourth-order valence-electron chi connectivity index (χ4n) is 3.28. The number of rotatable bonds is 8. The minimum atomic E-state index is -0.660. The van der Waals surface area contributed by atoms with Gasteiger partial charge in [-0.05, 0) is 67.1 Å². The standard InChI is InChI=1S/C26H24ClNO7/c1-15-9-21(6-7-22(15)27)35-14-19-10-16(5-8-23(19)32-2)24(29)28-20-12-17(25(30)33-3)11-18(13-20)26(31)34-4/h5-13H,14H2,1-4H3,(H,28,29). The molecule has 0 saturated carbocycles. The van der Waals surface area contributed by atoms with Crippen LogP contribution in [0.3, 0.4) is 0 Å². The Morgan fingerprint density at radius 2 is 1.49 bits per heavy atom. The lowest BCUT2D eigenvalue weighted by Crippen LogP contribution is -2.15. The SMILES string of the molecule is COC(=O)c1cc(NC(=O)c2ccc(OC)c(COc3ccc(Cl)c(C)c3)c2)cc(C(=O)OC)c1. The number of benzene rings is 3. The van der Waals surface area contributed by atoms with Crippen LogP contribution >= 0.6 is 11.6 Å². The Morgan fingerprint density at radius 1 is 0.829 bits per heavy atom. The number of esters is 2. The second-order valence-corrected chi connectivity index (χ2v) is 7.87. The fourth-order valence-corrected chi connectivity index (χ4v) is 3.39. The zero-order valence-corrected chi connectivity index (χ0v) is 20.4. The number of nitrogens with one attached hydrogen (secondary N) is 1. The number of carbonyl (C=O) groups excluding carboxylic acids is 3. The highest BCUT2D eigenvalue weighted by atomic mass is 35.5. The quantitative estimate of drug-likeness (QED) is 0.434. The van der Waals surface area contributed by atoms with Gasteiger partial charge in [-0.25, -0.2) is 9.59 Å². The van der Waals surface area contributed by atoms with Gasteiger partial charge in [0, 0.05) is 21.8 Å². The first-order valence-electron chi connectivity index (χ1n) is 10.4. The van der Waals surface area contributed by atoms with E-state index < -0.39 is 17.8 Å². The number of hydrogen-bond donors (Lipinski definition) is 1. The van der Waals surface area contributed by atoms with Gasteiger partial charge in [0.15, 0.2) is 0 Å². The number of aryl methyl sites for hydroxylation is 1. The third-order valence-corrected chi connectivity index (χ3v) is 5.52. The second kappa shape index (κ2) is 11.4. The molecule has 35 heavy (non-hydrogen) atoms. The Kier molecular flexibility index (Phi) is 8.33. The molecule has 0 bridgehead atoms.